The Morgan fingerprint density at radius 2 is 1.92 bits per heavy atom. The van der Waals surface area contributed by atoms with Crippen molar-refractivity contribution in [2.24, 2.45) is 16.7 Å². The minimum absolute atomic E-state index is 0.0376. The largest absolute Gasteiger partial charge is 0.396 e. The van der Waals surface area contributed by atoms with Crippen LogP contribution >= 0.6 is 0 Å². The van der Waals surface area contributed by atoms with E-state index in [1.165, 1.54) is 0 Å². The van der Waals surface area contributed by atoms with Gasteiger partial charge in [0, 0.05) is 6.61 Å². The first kappa shape index (κ1) is 11.0. The Kier molecular flexibility index (Phi) is 2.75. The summed E-state index contributed by atoms with van der Waals surface area (Å²) in [6.07, 6.45) is 1.76. The summed E-state index contributed by atoms with van der Waals surface area (Å²) < 4.78 is 0. The zero-order valence-electron chi connectivity index (χ0n) is 9.17. The molecule has 1 aliphatic rings. The third-order valence-electron chi connectivity index (χ3n) is 4.65. The maximum absolute atomic E-state index is 9.78. The second-order valence-electron chi connectivity index (χ2n) is 5.23. The minimum Gasteiger partial charge on any atom is -0.396 e. The molecule has 0 spiro atoms. The molecule has 0 aromatic heterocycles. The van der Waals surface area contributed by atoms with Crippen LogP contribution in [0.2, 0.25) is 0 Å². The highest BCUT2D eigenvalue weighted by molar-refractivity contribution is 5.02. The zero-order valence-corrected chi connectivity index (χ0v) is 9.17. The highest BCUT2D eigenvalue weighted by atomic mass is 16.3. The lowest BCUT2D eigenvalue weighted by molar-refractivity contribution is -0.0402. The van der Waals surface area contributed by atoms with Crippen LogP contribution in [0, 0.1) is 16.7 Å². The monoisotopic (exact) mass is 186 g/mol. The van der Waals surface area contributed by atoms with E-state index >= 15 is 0 Å². The standard InChI is InChI=1S/C11H22O2/c1-8(13)11(4)6-5-9(7-12)10(11,2)3/h8-9,12-13H,5-7H2,1-4H3/t8-,9-,11+/m1/s1. The van der Waals surface area contributed by atoms with Gasteiger partial charge in [-0.25, -0.2) is 0 Å². The number of aliphatic hydroxyl groups excluding tert-OH is 2. The van der Waals surface area contributed by atoms with Crippen LogP contribution in [-0.4, -0.2) is 22.9 Å². The van der Waals surface area contributed by atoms with E-state index in [-0.39, 0.29) is 23.5 Å². The van der Waals surface area contributed by atoms with Crippen LogP contribution in [0.1, 0.15) is 40.5 Å². The average molecular weight is 186 g/mol. The molecule has 1 aliphatic carbocycles. The lowest BCUT2D eigenvalue weighted by atomic mass is 9.63. The summed E-state index contributed by atoms with van der Waals surface area (Å²) in [4.78, 5) is 0. The third-order valence-corrected chi connectivity index (χ3v) is 4.65. The summed E-state index contributed by atoms with van der Waals surface area (Å²) in [5.74, 6) is 0.340. The van der Waals surface area contributed by atoms with E-state index in [0.29, 0.717) is 5.92 Å². The second-order valence-corrected chi connectivity index (χ2v) is 5.23. The maximum Gasteiger partial charge on any atom is 0.0570 e. The van der Waals surface area contributed by atoms with Crippen molar-refractivity contribution < 1.29 is 10.2 Å². The molecule has 1 fully saturated rings. The normalized spacial score (nSPS) is 40.6. The Bertz CT molecular complexity index is 187. The Morgan fingerprint density at radius 3 is 2.15 bits per heavy atom. The summed E-state index contributed by atoms with van der Waals surface area (Å²) in [7, 11) is 0. The van der Waals surface area contributed by atoms with Crippen LogP contribution in [0.4, 0.5) is 0 Å². The van der Waals surface area contributed by atoms with Crippen LogP contribution in [0.25, 0.3) is 0 Å². The number of aliphatic hydroxyl groups is 2. The van der Waals surface area contributed by atoms with Gasteiger partial charge in [0.25, 0.3) is 0 Å². The molecule has 0 aromatic carbocycles. The van der Waals surface area contributed by atoms with E-state index in [9.17, 15) is 10.2 Å². The van der Waals surface area contributed by atoms with Crippen molar-refractivity contribution in [3.63, 3.8) is 0 Å². The molecule has 0 amide bonds. The van der Waals surface area contributed by atoms with Crippen molar-refractivity contribution >= 4 is 0 Å². The molecule has 0 aromatic rings. The van der Waals surface area contributed by atoms with Gasteiger partial charge in [0.05, 0.1) is 6.10 Å². The molecule has 2 heteroatoms. The molecule has 3 atom stereocenters. The molecule has 2 N–H and O–H groups in total. The maximum atomic E-state index is 9.78. The summed E-state index contributed by atoms with van der Waals surface area (Å²) >= 11 is 0. The fourth-order valence-corrected chi connectivity index (χ4v) is 2.69. The van der Waals surface area contributed by atoms with E-state index in [1.54, 1.807) is 0 Å². The van der Waals surface area contributed by atoms with Crippen LogP contribution in [0.15, 0.2) is 0 Å². The predicted octanol–water partition coefficient (Wildman–Crippen LogP) is 1.80. The lowest BCUT2D eigenvalue weighted by Gasteiger charge is -2.43. The average Bonchev–Trinajstić information content (AvgIpc) is 2.25. The van der Waals surface area contributed by atoms with E-state index < -0.39 is 0 Å². The van der Waals surface area contributed by atoms with Crippen LogP contribution in [-0.2, 0) is 0 Å². The van der Waals surface area contributed by atoms with Gasteiger partial charge in [0.1, 0.15) is 0 Å². The van der Waals surface area contributed by atoms with Crippen molar-refractivity contribution in [2.45, 2.75) is 46.6 Å². The first-order chi connectivity index (χ1) is 5.86. The topological polar surface area (TPSA) is 40.5 Å². The molecule has 2 nitrogen and oxygen atoms in total. The summed E-state index contributed by atoms with van der Waals surface area (Å²) in [5.41, 5.74) is -0.00366. The second kappa shape index (κ2) is 3.25. The van der Waals surface area contributed by atoms with E-state index in [1.807, 2.05) is 6.92 Å². The Morgan fingerprint density at radius 1 is 1.38 bits per heavy atom. The van der Waals surface area contributed by atoms with Gasteiger partial charge in [-0.3, -0.25) is 0 Å². The number of hydrogen-bond acceptors (Lipinski definition) is 2. The van der Waals surface area contributed by atoms with Crippen molar-refractivity contribution in [1.82, 2.24) is 0 Å². The molecule has 0 heterocycles. The third kappa shape index (κ3) is 1.40. The first-order valence-corrected chi connectivity index (χ1v) is 5.15. The molecule has 1 saturated carbocycles. The smallest absolute Gasteiger partial charge is 0.0570 e. The fourth-order valence-electron chi connectivity index (χ4n) is 2.69. The van der Waals surface area contributed by atoms with Gasteiger partial charge in [0.2, 0.25) is 0 Å². The van der Waals surface area contributed by atoms with Crippen LogP contribution in [0.3, 0.4) is 0 Å². The molecule has 78 valence electrons. The van der Waals surface area contributed by atoms with Gasteiger partial charge in [-0.1, -0.05) is 20.8 Å². The molecule has 1 rings (SSSR count). The summed E-state index contributed by atoms with van der Waals surface area (Å²) in [5, 5.41) is 19.0. The highest BCUT2D eigenvalue weighted by Crippen LogP contribution is 2.57. The zero-order chi connectivity index (χ0) is 10.3. The van der Waals surface area contributed by atoms with Crippen molar-refractivity contribution in [3.05, 3.63) is 0 Å². The van der Waals surface area contributed by atoms with Crippen molar-refractivity contribution in [2.75, 3.05) is 6.61 Å². The van der Waals surface area contributed by atoms with Gasteiger partial charge in [-0.2, -0.15) is 0 Å². The van der Waals surface area contributed by atoms with Gasteiger partial charge in [-0.05, 0) is 36.5 Å². The van der Waals surface area contributed by atoms with Crippen molar-refractivity contribution in [1.29, 1.82) is 0 Å². The molecule has 0 aliphatic heterocycles. The Labute approximate surface area is 81.0 Å². The van der Waals surface area contributed by atoms with E-state index in [4.69, 9.17) is 0 Å². The van der Waals surface area contributed by atoms with E-state index in [2.05, 4.69) is 20.8 Å². The van der Waals surface area contributed by atoms with Gasteiger partial charge >= 0.3 is 0 Å². The lowest BCUT2D eigenvalue weighted by Crippen LogP contribution is -2.42. The minimum atomic E-state index is -0.293. The molecule has 0 saturated heterocycles. The highest BCUT2D eigenvalue weighted by Gasteiger charge is 2.53. The quantitative estimate of drug-likeness (QED) is 0.690. The first-order valence-electron chi connectivity index (χ1n) is 5.15. The molecule has 13 heavy (non-hydrogen) atoms. The number of hydrogen-bond donors (Lipinski definition) is 2. The molecule has 0 unspecified atom stereocenters. The van der Waals surface area contributed by atoms with Crippen LogP contribution < -0.4 is 0 Å². The van der Waals surface area contributed by atoms with Gasteiger partial charge in [0.15, 0.2) is 0 Å². The SMILES string of the molecule is C[C@@H](O)[C@]1(C)CC[C@H](CO)C1(C)C. The van der Waals surface area contributed by atoms with Crippen LogP contribution in [0.5, 0.6) is 0 Å². The van der Waals surface area contributed by atoms with Gasteiger partial charge < -0.3 is 10.2 Å². The Hall–Kier alpha value is -0.0800. The summed E-state index contributed by atoms with van der Waals surface area (Å²) in [6.45, 7) is 8.56. The predicted molar refractivity (Wildman–Crippen MR) is 53.4 cm³/mol. The van der Waals surface area contributed by atoms with Crippen molar-refractivity contribution in [3.8, 4) is 0 Å². The van der Waals surface area contributed by atoms with Gasteiger partial charge in [-0.15, -0.1) is 0 Å². The fraction of sp³-hybridized carbons (Fsp3) is 1.00. The summed E-state index contributed by atoms with van der Waals surface area (Å²) in [6, 6.07) is 0. The molecule has 0 radical (unpaired) electrons. The molecule has 0 bridgehead atoms. The molecular weight excluding hydrogens is 164 g/mol. The van der Waals surface area contributed by atoms with E-state index in [0.717, 1.165) is 12.8 Å². The molecular formula is C11H22O2. The Balaban J connectivity index is 2.92. The number of rotatable bonds is 2.